The zero-order valence-corrected chi connectivity index (χ0v) is 7.65. The Labute approximate surface area is 75.8 Å². The standard InChI is InChI=1S/C8H10N2OS/c1-11-6-4-9-7(5-2-3-5)10-8(6)12/h4-5H,2-3H2,1H3,(H,9,10,12). The van der Waals surface area contributed by atoms with Gasteiger partial charge in [-0.1, -0.05) is 12.2 Å². The summed E-state index contributed by atoms with van der Waals surface area (Å²) >= 11 is 5.07. The van der Waals surface area contributed by atoms with Gasteiger partial charge in [0.15, 0.2) is 5.75 Å². The van der Waals surface area contributed by atoms with Crippen molar-refractivity contribution in [3.8, 4) is 5.75 Å². The minimum atomic E-state index is 0.609. The van der Waals surface area contributed by atoms with E-state index in [1.807, 2.05) is 0 Å². The Morgan fingerprint density at radius 3 is 2.92 bits per heavy atom. The molecule has 1 fully saturated rings. The van der Waals surface area contributed by atoms with E-state index in [0.29, 0.717) is 16.3 Å². The number of H-pyrrole nitrogens is 1. The van der Waals surface area contributed by atoms with Crippen LogP contribution in [-0.2, 0) is 0 Å². The molecular formula is C8H10N2OS. The minimum absolute atomic E-state index is 0.609. The van der Waals surface area contributed by atoms with Gasteiger partial charge in [0.1, 0.15) is 10.5 Å². The van der Waals surface area contributed by atoms with Gasteiger partial charge in [-0.2, -0.15) is 0 Å². The zero-order chi connectivity index (χ0) is 8.55. The summed E-state index contributed by atoms with van der Waals surface area (Å²) in [6.07, 6.45) is 4.14. The van der Waals surface area contributed by atoms with Crippen LogP contribution in [0.2, 0.25) is 0 Å². The highest BCUT2D eigenvalue weighted by molar-refractivity contribution is 7.71. The van der Waals surface area contributed by atoms with Gasteiger partial charge in [-0.05, 0) is 12.8 Å². The average molecular weight is 182 g/mol. The summed E-state index contributed by atoms with van der Waals surface area (Å²) < 4.78 is 5.65. The number of methoxy groups -OCH3 is 1. The van der Waals surface area contributed by atoms with Crippen LogP contribution in [0.25, 0.3) is 0 Å². The lowest BCUT2D eigenvalue weighted by Crippen LogP contribution is -1.94. The monoisotopic (exact) mass is 182 g/mol. The number of nitrogens with zero attached hydrogens (tertiary/aromatic N) is 1. The number of rotatable bonds is 2. The van der Waals surface area contributed by atoms with Crippen molar-refractivity contribution in [2.75, 3.05) is 7.11 Å². The number of hydrogen-bond acceptors (Lipinski definition) is 3. The molecule has 0 aromatic carbocycles. The van der Waals surface area contributed by atoms with Crippen LogP contribution in [0.1, 0.15) is 24.6 Å². The molecule has 0 unspecified atom stereocenters. The molecule has 0 saturated heterocycles. The van der Waals surface area contributed by atoms with Gasteiger partial charge in [-0.25, -0.2) is 4.98 Å². The predicted octanol–water partition coefficient (Wildman–Crippen LogP) is 2.03. The molecule has 4 heteroatoms. The highest BCUT2D eigenvalue weighted by atomic mass is 32.1. The van der Waals surface area contributed by atoms with Gasteiger partial charge in [-0.3, -0.25) is 0 Å². The van der Waals surface area contributed by atoms with Crippen molar-refractivity contribution in [3.05, 3.63) is 16.7 Å². The molecule has 12 heavy (non-hydrogen) atoms. The van der Waals surface area contributed by atoms with E-state index in [4.69, 9.17) is 17.0 Å². The topological polar surface area (TPSA) is 37.9 Å². The Morgan fingerprint density at radius 2 is 2.42 bits per heavy atom. The third-order valence-corrected chi connectivity index (χ3v) is 2.27. The normalized spacial score (nSPS) is 16.1. The summed E-state index contributed by atoms with van der Waals surface area (Å²) in [6, 6.07) is 0. The van der Waals surface area contributed by atoms with E-state index < -0.39 is 0 Å². The molecule has 2 rings (SSSR count). The predicted molar refractivity (Wildman–Crippen MR) is 47.9 cm³/mol. The quantitative estimate of drug-likeness (QED) is 0.711. The molecule has 0 atom stereocenters. The summed E-state index contributed by atoms with van der Waals surface area (Å²) in [4.78, 5) is 7.29. The fourth-order valence-electron chi connectivity index (χ4n) is 1.11. The third kappa shape index (κ3) is 1.34. The van der Waals surface area contributed by atoms with E-state index in [2.05, 4.69) is 9.97 Å². The lowest BCUT2D eigenvalue weighted by molar-refractivity contribution is 0.408. The van der Waals surface area contributed by atoms with Crippen LogP contribution in [0.4, 0.5) is 0 Å². The molecule has 0 spiro atoms. The van der Waals surface area contributed by atoms with Crippen LogP contribution in [0.3, 0.4) is 0 Å². The second kappa shape index (κ2) is 2.86. The molecule has 1 aliphatic rings. The van der Waals surface area contributed by atoms with Gasteiger partial charge in [0, 0.05) is 5.92 Å². The zero-order valence-electron chi connectivity index (χ0n) is 6.83. The molecule has 64 valence electrons. The number of aromatic amines is 1. The number of hydrogen-bond donors (Lipinski definition) is 1. The fourth-order valence-corrected chi connectivity index (χ4v) is 1.35. The molecule has 0 bridgehead atoms. The molecule has 1 aliphatic carbocycles. The van der Waals surface area contributed by atoms with Crippen LogP contribution in [0.15, 0.2) is 6.20 Å². The van der Waals surface area contributed by atoms with Crippen LogP contribution >= 0.6 is 12.2 Å². The first-order chi connectivity index (χ1) is 5.81. The maximum Gasteiger partial charge on any atom is 0.171 e. The van der Waals surface area contributed by atoms with Crippen molar-refractivity contribution < 1.29 is 4.74 Å². The van der Waals surface area contributed by atoms with Gasteiger partial charge in [-0.15, -0.1) is 0 Å². The minimum Gasteiger partial charge on any atom is -0.492 e. The van der Waals surface area contributed by atoms with Crippen molar-refractivity contribution in [3.63, 3.8) is 0 Å². The summed E-state index contributed by atoms with van der Waals surface area (Å²) in [5.74, 6) is 2.26. The van der Waals surface area contributed by atoms with Gasteiger partial charge in [0.25, 0.3) is 0 Å². The molecular weight excluding hydrogens is 172 g/mol. The van der Waals surface area contributed by atoms with Crippen molar-refractivity contribution in [1.29, 1.82) is 0 Å². The van der Waals surface area contributed by atoms with E-state index in [0.717, 1.165) is 5.82 Å². The first-order valence-corrected chi connectivity index (χ1v) is 4.35. The van der Waals surface area contributed by atoms with E-state index in [1.54, 1.807) is 13.3 Å². The van der Waals surface area contributed by atoms with Gasteiger partial charge < -0.3 is 9.72 Å². The highest BCUT2D eigenvalue weighted by Crippen LogP contribution is 2.37. The molecule has 1 heterocycles. The third-order valence-electron chi connectivity index (χ3n) is 1.97. The lowest BCUT2D eigenvalue weighted by atomic mass is 10.4. The largest absolute Gasteiger partial charge is 0.492 e. The summed E-state index contributed by atoms with van der Waals surface area (Å²) in [5, 5.41) is 0. The van der Waals surface area contributed by atoms with E-state index in [-0.39, 0.29) is 0 Å². The fraction of sp³-hybridized carbons (Fsp3) is 0.500. The first-order valence-electron chi connectivity index (χ1n) is 3.94. The van der Waals surface area contributed by atoms with Crippen molar-refractivity contribution in [1.82, 2.24) is 9.97 Å². The molecule has 1 N–H and O–H groups in total. The molecule has 1 saturated carbocycles. The SMILES string of the molecule is COc1cnc(C2CC2)[nH]c1=S. The molecule has 0 aliphatic heterocycles. The maximum absolute atomic E-state index is 5.07. The van der Waals surface area contributed by atoms with E-state index in [1.165, 1.54) is 12.8 Å². The molecule has 3 nitrogen and oxygen atoms in total. The van der Waals surface area contributed by atoms with Crippen molar-refractivity contribution in [2.24, 2.45) is 0 Å². The van der Waals surface area contributed by atoms with Crippen molar-refractivity contribution in [2.45, 2.75) is 18.8 Å². The first kappa shape index (κ1) is 7.73. The number of aromatic nitrogens is 2. The van der Waals surface area contributed by atoms with Gasteiger partial charge >= 0.3 is 0 Å². The Morgan fingerprint density at radius 1 is 1.67 bits per heavy atom. The van der Waals surface area contributed by atoms with Crippen molar-refractivity contribution >= 4 is 12.2 Å². The maximum atomic E-state index is 5.07. The van der Waals surface area contributed by atoms with Crippen LogP contribution in [-0.4, -0.2) is 17.1 Å². The van der Waals surface area contributed by atoms with E-state index in [9.17, 15) is 0 Å². The van der Waals surface area contributed by atoms with E-state index >= 15 is 0 Å². The Balaban J connectivity index is 2.37. The molecule has 1 aromatic rings. The Hall–Kier alpha value is -0.900. The van der Waals surface area contributed by atoms with Gasteiger partial charge in [0.05, 0.1) is 13.3 Å². The molecule has 0 amide bonds. The smallest absolute Gasteiger partial charge is 0.171 e. The lowest BCUT2D eigenvalue weighted by Gasteiger charge is -2.01. The molecule has 0 radical (unpaired) electrons. The number of nitrogens with one attached hydrogen (secondary N) is 1. The summed E-state index contributed by atoms with van der Waals surface area (Å²) in [5.41, 5.74) is 0. The van der Waals surface area contributed by atoms with Crippen LogP contribution in [0.5, 0.6) is 5.75 Å². The number of ether oxygens (including phenoxy) is 1. The summed E-state index contributed by atoms with van der Waals surface area (Å²) in [7, 11) is 1.59. The average Bonchev–Trinajstić information content (AvgIpc) is 2.86. The molecule has 1 aromatic heterocycles. The second-order valence-corrected chi connectivity index (χ2v) is 3.35. The second-order valence-electron chi connectivity index (χ2n) is 2.94. The van der Waals surface area contributed by atoms with Crippen LogP contribution in [0, 0.1) is 4.64 Å². The summed E-state index contributed by atoms with van der Waals surface area (Å²) in [6.45, 7) is 0. The Bertz CT molecular complexity index is 343. The van der Waals surface area contributed by atoms with Gasteiger partial charge in [0.2, 0.25) is 0 Å². The highest BCUT2D eigenvalue weighted by Gasteiger charge is 2.25. The van der Waals surface area contributed by atoms with Crippen LogP contribution < -0.4 is 4.74 Å². The Kier molecular flexibility index (Phi) is 1.84.